The Morgan fingerprint density at radius 2 is 2.00 bits per heavy atom. The molecule has 0 atom stereocenters. The summed E-state index contributed by atoms with van der Waals surface area (Å²) >= 11 is 5.74. The third-order valence-electron chi connectivity index (χ3n) is 1.76. The Labute approximate surface area is 88.1 Å². The average Bonchev–Trinajstić information content (AvgIpc) is 2.20. The number of nitrogens with one attached hydrogen (secondary N) is 2. The molecule has 0 heterocycles. The lowest BCUT2D eigenvalue weighted by molar-refractivity contribution is 1.28. The van der Waals surface area contributed by atoms with Gasteiger partial charge in [0.1, 0.15) is 0 Å². The average molecular weight is 210 g/mol. The van der Waals surface area contributed by atoms with Crippen LogP contribution in [0.15, 0.2) is 35.7 Å². The molecule has 0 unspecified atom stereocenters. The Balaban J connectivity index is 2.79. The van der Waals surface area contributed by atoms with Gasteiger partial charge in [0.15, 0.2) is 0 Å². The Kier molecular flexibility index (Phi) is 3.54. The summed E-state index contributed by atoms with van der Waals surface area (Å²) in [5, 5.41) is 10.7. The van der Waals surface area contributed by atoms with Crippen molar-refractivity contribution in [2.75, 3.05) is 5.32 Å². The molecule has 0 aromatic heterocycles. The molecule has 0 radical (unpaired) electrons. The van der Waals surface area contributed by atoms with Crippen molar-refractivity contribution < 1.29 is 0 Å². The minimum absolute atomic E-state index is 0.417. The summed E-state index contributed by atoms with van der Waals surface area (Å²) in [6.07, 6.45) is 1.11. The zero-order valence-corrected chi connectivity index (χ0v) is 8.60. The standard InChI is InChI=1S/C10H12ClN3/c1-7(10(13)6-12)14-9-4-2-8(11)3-5-9/h2-6,12,14H,13H2,1H3/b10-7+,12-6?. The number of hydrogen-bond acceptors (Lipinski definition) is 3. The van der Waals surface area contributed by atoms with Crippen molar-refractivity contribution in [3.05, 3.63) is 40.7 Å². The minimum Gasteiger partial charge on any atom is -0.396 e. The van der Waals surface area contributed by atoms with E-state index in [0.29, 0.717) is 10.7 Å². The minimum atomic E-state index is 0.417. The van der Waals surface area contributed by atoms with Crippen LogP contribution in [0.25, 0.3) is 0 Å². The van der Waals surface area contributed by atoms with Gasteiger partial charge in [-0.1, -0.05) is 11.6 Å². The van der Waals surface area contributed by atoms with Gasteiger partial charge in [0.25, 0.3) is 0 Å². The monoisotopic (exact) mass is 209 g/mol. The van der Waals surface area contributed by atoms with Crippen LogP contribution in [0.5, 0.6) is 0 Å². The number of nitrogens with two attached hydrogens (primary N) is 1. The van der Waals surface area contributed by atoms with Gasteiger partial charge >= 0.3 is 0 Å². The van der Waals surface area contributed by atoms with Crippen LogP contribution in [-0.2, 0) is 0 Å². The second-order valence-electron chi connectivity index (χ2n) is 2.86. The molecule has 0 aliphatic carbocycles. The fourth-order valence-electron chi connectivity index (χ4n) is 0.930. The first-order valence-electron chi connectivity index (χ1n) is 4.13. The molecule has 14 heavy (non-hydrogen) atoms. The number of hydrogen-bond donors (Lipinski definition) is 3. The summed E-state index contributed by atoms with van der Waals surface area (Å²) in [6.45, 7) is 1.81. The molecule has 74 valence electrons. The maximum Gasteiger partial charge on any atom is 0.0686 e. The number of benzene rings is 1. The number of allylic oxidation sites excluding steroid dienone is 2. The highest BCUT2D eigenvalue weighted by molar-refractivity contribution is 6.30. The first-order chi connectivity index (χ1) is 6.63. The molecule has 0 bridgehead atoms. The van der Waals surface area contributed by atoms with Crippen molar-refractivity contribution in [2.24, 2.45) is 5.73 Å². The Bertz CT molecular complexity index is 354. The van der Waals surface area contributed by atoms with Gasteiger partial charge in [-0.15, -0.1) is 0 Å². The molecule has 0 saturated carbocycles. The quantitative estimate of drug-likeness (QED) is 0.670. The third-order valence-corrected chi connectivity index (χ3v) is 2.02. The summed E-state index contributed by atoms with van der Waals surface area (Å²) < 4.78 is 0. The van der Waals surface area contributed by atoms with E-state index in [1.165, 1.54) is 0 Å². The van der Waals surface area contributed by atoms with Gasteiger partial charge in [0.2, 0.25) is 0 Å². The summed E-state index contributed by atoms with van der Waals surface area (Å²) in [7, 11) is 0. The molecule has 0 saturated heterocycles. The van der Waals surface area contributed by atoms with Gasteiger partial charge in [0, 0.05) is 22.6 Å². The van der Waals surface area contributed by atoms with Crippen LogP contribution < -0.4 is 11.1 Å². The predicted molar refractivity (Wildman–Crippen MR) is 60.7 cm³/mol. The van der Waals surface area contributed by atoms with Gasteiger partial charge in [0.05, 0.1) is 5.70 Å². The maximum absolute atomic E-state index is 6.97. The van der Waals surface area contributed by atoms with E-state index in [2.05, 4.69) is 5.32 Å². The van der Waals surface area contributed by atoms with E-state index < -0.39 is 0 Å². The largest absolute Gasteiger partial charge is 0.396 e. The lowest BCUT2D eigenvalue weighted by Gasteiger charge is -2.07. The third kappa shape index (κ3) is 2.78. The smallest absolute Gasteiger partial charge is 0.0686 e. The van der Waals surface area contributed by atoms with Crippen molar-refractivity contribution in [1.29, 1.82) is 5.41 Å². The normalized spacial score (nSPS) is 11.9. The lowest BCUT2D eigenvalue weighted by Crippen LogP contribution is -2.07. The summed E-state index contributed by atoms with van der Waals surface area (Å²) in [6, 6.07) is 7.28. The van der Waals surface area contributed by atoms with E-state index in [9.17, 15) is 0 Å². The molecular formula is C10H12ClN3. The van der Waals surface area contributed by atoms with Crippen molar-refractivity contribution in [3.63, 3.8) is 0 Å². The van der Waals surface area contributed by atoms with Crippen molar-refractivity contribution >= 4 is 23.5 Å². The molecule has 1 aromatic carbocycles. The molecule has 0 aliphatic rings. The second kappa shape index (κ2) is 4.67. The SMILES string of the molecule is C/C(Nc1ccc(Cl)cc1)=C(\N)C=N. The lowest BCUT2D eigenvalue weighted by atomic mass is 10.3. The van der Waals surface area contributed by atoms with E-state index >= 15 is 0 Å². The Morgan fingerprint density at radius 3 is 2.50 bits per heavy atom. The molecule has 4 heteroatoms. The highest BCUT2D eigenvalue weighted by Gasteiger charge is 1.96. The van der Waals surface area contributed by atoms with Gasteiger partial charge in [-0.3, -0.25) is 0 Å². The molecule has 4 N–H and O–H groups in total. The highest BCUT2D eigenvalue weighted by Crippen LogP contribution is 2.15. The molecule has 3 nitrogen and oxygen atoms in total. The van der Waals surface area contributed by atoms with E-state index in [-0.39, 0.29) is 0 Å². The molecule has 1 aromatic rings. The maximum atomic E-state index is 6.97. The predicted octanol–water partition coefficient (Wildman–Crippen LogP) is 2.59. The molecule has 1 rings (SSSR count). The Morgan fingerprint density at radius 1 is 1.43 bits per heavy atom. The van der Waals surface area contributed by atoms with E-state index in [1.807, 2.05) is 19.1 Å². The first-order valence-corrected chi connectivity index (χ1v) is 4.50. The van der Waals surface area contributed by atoms with E-state index in [1.54, 1.807) is 12.1 Å². The zero-order valence-electron chi connectivity index (χ0n) is 7.84. The van der Waals surface area contributed by atoms with Gasteiger partial charge < -0.3 is 16.5 Å². The summed E-state index contributed by atoms with van der Waals surface area (Å²) in [5.41, 5.74) is 7.61. The number of rotatable bonds is 3. The highest BCUT2D eigenvalue weighted by atomic mass is 35.5. The van der Waals surface area contributed by atoms with Crippen LogP contribution in [0.1, 0.15) is 6.92 Å². The molecule has 0 amide bonds. The molecule has 0 fully saturated rings. The van der Waals surface area contributed by atoms with Crippen LogP contribution in [0.4, 0.5) is 5.69 Å². The molecule has 0 aliphatic heterocycles. The van der Waals surface area contributed by atoms with E-state index in [4.69, 9.17) is 22.7 Å². The van der Waals surface area contributed by atoms with Gasteiger partial charge in [-0.05, 0) is 31.2 Å². The van der Waals surface area contributed by atoms with Crippen molar-refractivity contribution in [1.82, 2.24) is 0 Å². The Hall–Kier alpha value is -1.48. The van der Waals surface area contributed by atoms with Crippen LogP contribution in [-0.4, -0.2) is 6.21 Å². The first kappa shape index (κ1) is 10.6. The van der Waals surface area contributed by atoms with Crippen LogP contribution in [0, 0.1) is 5.41 Å². The van der Waals surface area contributed by atoms with Crippen LogP contribution in [0.2, 0.25) is 5.02 Å². The fourth-order valence-corrected chi connectivity index (χ4v) is 1.06. The summed E-state index contributed by atoms with van der Waals surface area (Å²) in [4.78, 5) is 0. The molecular weight excluding hydrogens is 198 g/mol. The van der Waals surface area contributed by atoms with Crippen molar-refractivity contribution in [3.8, 4) is 0 Å². The van der Waals surface area contributed by atoms with Crippen LogP contribution in [0.3, 0.4) is 0 Å². The zero-order chi connectivity index (χ0) is 10.6. The number of anilines is 1. The van der Waals surface area contributed by atoms with E-state index in [0.717, 1.165) is 17.6 Å². The van der Waals surface area contributed by atoms with Gasteiger partial charge in [-0.2, -0.15) is 0 Å². The molecule has 0 spiro atoms. The number of halogens is 1. The van der Waals surface area contributed by atoms with Crippen molar-refractivity contribution in [2.45, 2.75) is 6.92 Å². The summed E-state index contributed by atoms with van der Waals surface area (Å²) in [5.74, 6) is 0. The topological polar surface area (TPSA) is 61.9 Å². The van der Waals surface area contributed by atoms with Gasteiger partial charge in [-0.25, -0.2) is 0 Å². The van der Waals surface area contributed by atoms with Crippen LogP contribution >= 0.6 is 11.6 Å². The fraction of sp³-hybridized carbons (Fsp3) is 0.100. The second-order valence-corrected chi connectivity index (χ2v) is 3.29.